The Balaban J connectivity index is 1.60. The van der Waals surface area contributed by atoms with Gasteiger partial charge < -0.3 is 9.47 Å². The number of rotatable bonds is 7. The summed E-state index contributed by atoms with van der Waals surface area (Å²) >= 11 is 0. The SMILES string of the molecule is COC(Cc1ccc(-c2ccc(F)cc2)cc1)C(=O)OCc1ccccc1. The highest BCUT2D eigenvalue weighted by Crippen LogP contribution is 2.21. The van der Waals surface area contributed by atoms with Gasteiger partial charge in [-0.15, -0.1) is 0 Å². The van der Waals surface area contributed by atoms with Crippen molar-refractivity contribution >= 4 is 5.97 Å². The highest BCUT2D eigenvalue weighted by atomic mass is 19.1. The normalized spacial score (nSPS) is 11.8. The second kappa shape index (κ2) is 9.10. The molecule has 4 heteroatoms. The number of carbonyl (C=O) groups excluding carboxylic acids is 1. The minimum Gasteiger partial charge on any atom is -0.459 e. The molecule has 1 unspecified atom stereocenters. The smallest absolute Gasteiger partial charge is 0.335 e. The molecular weight excluding hydrogens is 343 g/mol. The minimum atomic E-state index is -0.662. The van der Waals surface area contributed by atoms with Crippen LogP contribution in [-0.4, -0.2) is 19.2 Å². The summed E-state index contributed by atoms with van der Waals surface area (Å²) in [6, 6.07) is 23.7. The van der Waals surface area contributed by atoms with Gasteiger partial charge in [0.05, 0.1) is 0 Å². The summed E-state index contributed by atoms with van der Waals surface area (Å²) < 4.78 is 23.7. The number of halogens is 1. The number of esters is 1. The van der Waals surface area contributed by atoms with Gasteiger partial charge in [0.1, 0.15) is 12.4 Å². The van der Waals surface area contributed by atoms with Crippen LogP contribution in [0.3, 0.4) is 0 Å². The van der Waals surface area contributed by atoms with E-state index in [1.165, 1.54) is 19.2 Å². The van der Waals surface area contributed by atoms with Crippen LogP contribution in [0.2, 0.25) is 0 Å². The van der Waals surface area contributed by atoms with Crippen LogP contribution in [0.15, 0.2) is 78.9 Å². The first kappa shape index (κ1) is 18.8. The van der Waals surface area contributed by atoms with Crippen molar-refractivity contribution in [3.63, 3.8) is 0 Å². The number of benzene rings is 3. The van der Waals surface area contributed by atoms with Crippen molar-refractivity contribution in [3.05, 3.63) is 95.8 Å². The van der Waals surface area contributed by atoms with Gasteiger partial charge in [0.2, 0.25) is 0 Å². The van der Waals surface area contributed by atoms with Crippen molar-refractivity contribution < 1.29 is 18.7 Å². The Labute approximate surface area is 158 Å². The molecular formula is C23H21FO3. The lowest BCUT2D eigenvalue weighted by atomic mass is 10.0. The average molecular weight is 364 g/mol. The highest BCUT2D eigenvalue weighted by Gasteiger charge is 2.20. The van der Waals surface area contributed by atoms with E-state index in [9.17, 15) is 9.18 Å². The lowest BCUT2D eigenvalue weighted by Gasteiger charge is -2.15. The lowest BCUT2D eigenvalue weighted by molar-refractivity contribution is -0.156. The standard InChI is InChI=1S/C23H21FO3/c1-26-22(23(25)27-16-18-5-3-2-4-6-18)15-17-7-9-19(10-8-17)20-11-13-21(24)14-12-20/h2-14,22H,15-16H2,1H3. The van der Waals surface area contributed by atoms with Crippen LogP contribution in [0.1, 0.15) is 11.1 Å². The molecule has 3 aromatic rings. The van der Waals surface area contributed by atoms with E-state index >= 15 is 0 Å². The van der Waals surface area contributed by atoms with E-state index in [-0.39, 0.29) is 18.4 Å². The third-order valence-corrected chi connectivity index (χ3v) is 4.32. The van der Waals surface area contributed by atoms with Gasteiger partial charge in [-0.25, -0.2) is 9.18 Å². The Morgan fingerprint density at radius 2 is 1.44 bits per heavy atom. The Morgan fingerprint density at radius 3 is 2.04 bits per heavy atom. The molecule has 0 aliphatic heterocycles. The van der Waals surface area contributed by atoms with Crippen molar-refractivity contribution in [2.45, 2.75) is 19.1 Å². The second-order valence-corrected chi connectivity index (χ2v) is 6.23. The van der Waals surface area contributed by atoms with Gasteiger partial charge in [0.15, 0.2) is 6.10 Å². The van der Waals surface area contributed by atoms with Crippen LogP contribution in [0.5, 0.6) is 0 Å². The number of carbonyl (C=O) groups is 1. The topological polar surface area (TPSA) is 35.5 Å². The van der Waals surface area contributed by atoms with Crippen LogP contribution in [0.25, 0.3) is 11.1 Å². The van der Waals surface area contributed by atoms with E-state index in [0.29, 0.717) is 6.42 Å². The molecule has 138 valence electrons. The van der Waals surface area contributed by atoms with Crippen molar-refractivity contribution in [1.82, 2.24) is 0 Å². The predicted octanol–water partition coefficient (Wildman–Crippen LogP) is 4.79. The molecule has 0 amide bonds. The quantitative estimate of drug-likeness (QED) is 0.565. The molecule has 0 radical (unpaired) electrons. The fourth-order valence-corrected chi connectivity index (χ4v) is 2.77. The van der Waals surface area contributed by atoms with Crippen LogP contribution in [-0.2, 0) is 27.3 Å². The molecule has 3 nitrogen and oxygen atoms in total. The second-order valence-electron chi connectivity index (χ2n) is 6.23. The first-order valence-corrected chi connectivity index (χ1v) is 8.74. The van der Waals surface area contributed by atoms with Gasteiger partial charge >= 0.3 is 5.97 Å². The molecule has 0 bridgehead atoms. The number of hydrogen-bond donors (Lipinski definition) is 0. The van der Waals surface area contributed by atoms with E-state index < -0.39 is 6.10 Å². The highest BCUT2D eigenvalue weighted by molar-refractivity contribution is 5.75. The Kier molecular flexibility index (Phi) is 6.34. The maximum Gasteiger partial charge on any atom is 0.335 e. The summed E-state index contributed by atoms with van der Waals surface area (Å²) in [5.74, 6) is -0.642. The molecule has 0 N–H and O–H groups in total. The Bertz CT molecular complexity index is 858. The maximum absolute atomic E-state index is 13.0. The lowest BCUT2D eigenvalue weighted by Crippen LogP contribution is -2.27. The van der Waals surface area contributed by atoms with Crippen molar-refractivity contribution in [3.8, 4) is 11.1 Å². The summed E-state index contributed by atoms with van der Waals surface area (Å²) in [6.45, 7) is 0.225. The molecule has 0 heterocycles. The largest absolute Gasteiger partial charge is 0.459 e. The number of methoxy groups -OCH3 is 1. The first-order chi connectivity index (χ1) is 13.2. The van der Waals surface area contributed by atoms with Crippen molar-refractivity contribution in [2.24, 2.45) is 0 Å². The van der Waals surface area contributed by atoms with Crippen molar-refractivity contribution in [2.75, 3.05) is 7.11 Å². The van der Waals surface area contributed by atoms with Gasteiger partial charge in [-0.05, 0) is 34.4 Å². The van der Waals surface area contributed by atoms with E-state index in [0.717, 1.165) is 22.3 Å². The van der Waals surface area contributed by atoms with Crippen LogP contribution in [0.4, 0.5) is 4.39 Å². The predicted molar refractivity (Wildman–Crippen MR) is 103 cm³/mol. The van der Waals surface area contributed by atoms with Crippen LogP contribution >= 0.6 is 0 Å². The Hall–Kier alpha value is -2.98. The van der Waals surface area contributed by atoms with E-state index in [2.05, 4.69) is 0 Å². The number of ether oxygens (including phenoxy) is 2. The molecule has 0 saturated heterocycles. The molecule has 0 spiro atoms. The molecule has 3 aromatic carbocycles. The van der Waals surface area contributed by atoms with Gasteiger partial charge in [-0.3, -0.25) is 0 Å². The fraction of sp³-hybridized carbons (Fsp3) is 0.174. The third kappa shape index (κ3) is 5.25. The zero-order chi connectivity index (χ0) is 19.1. The summed E-state index contributed by atoms with van der Waals surface area (Å²) in [5.41, 5.74) is 3.82. The zero-order valence-electron chi connectivity index (χ0n) is 15.1. The first-order valence-electron chi connectivity index (χ1n) is 8.74. The Morgan fingerprint density at radius 1 is 0.852 bits per heavy atom. The van der Waals surface area contributed by atoms with Crippen molar-refractivity contribution in [1.29, 1.82) is 0 Å². The summed E-state index contributed by atoms with van der Waals surface area (Å²) in [4.78, 5) is 12.3. The molecule has 0 aromatic heterocycles. The molecule has 0 aliphatic carbocycles. The van der Waals surface area contributed by atoms with Crippen LogP contribution < -0.4 is 0 Å². The molecule has 0 saturated carbocycles. The van der Waals surface area contributed by atoms with Gasteiger partial charge in [0.25, 0.3) is 0 Å². The third-order valence-electron chi connectivity index (χ3n) is 4.32. The summed E-state index contributed by atoms with van der Waals surface area (Å²) in [6.07, 6.45) is -0.237. The number of hydrogen-bond acceptors (Lipinski definition) is 3. The van der Waals surface area contributed by atoms with Gasteiger partial charge in [-0.1, -0.05) is 66.7 Å². The molecule has 1 atom stereocenters. The molecule has 0 aliphatic rings. The molecule has 27 heavy (non-hydrogen) atoms. The van der Waals surface area contributed by atoms with E-state index in [1.54, 1.807) is 12.1 Å². The average Bonchev–Trinajstić information content (AvgIpc) is 2.72. The van der Waals surface area contributed by atoms with E-state index in [1.807, 2.05) is 54.6 Å². The van der Waals surface area contributed by atoms with Crippen LogP contribution in [0, 0.1) is 5.82 Å². The van der Waals surface area contributed by atoms with E-state index in [4.69, 9.17) is 9.47 Å². The van der Waals surface area contributed by atoms with Gasteiger partial charge in [-0.2, -0.15) is 0 Å². The maximum atomic E-state index is 13.0. The zero-order valence-corrected chi connectivity index (χ0v) is 15.1. The summed E-state index contributed by atoms with van der Waals surface area (Å²) in [5, 5.41) is 0. The minimum absolute atomic E-state index is 0.225. The molecule has 0 fully saturated rings. The molecule has 3 rings (SSSR count). The fourth-order valence-electron chi connectivity index (χ4n) is 2.77. The van der Waals surface area contributed by atoms with Gasteiger partial charge in [0, 0.05) is 13.5 Å². The monoisotopic (exact) mass is 364 g/mol. The summed E-state index contributed by atoms with van der Waals surface area (Å²) in [7, 11) is 1.50.